The molecule has 2 atom stereocenters. The Labute approximate surface area is 214 Å². The van der Waals surface area contributed by atoms with E-state index in [4.69, 9.17) is 9.47 Å². The van der Waals surface area contributed by atoms with E-state index < -0.39 is 23.9 Å². The second-order valence-electron chi connectivity index (χ2n) is 8.93. The minimum atomic E-state index is -0.592. The number of nitrogens with one attached hydrogen (secondary N) is 2. The molecule has 4 N–H and O–H groups in total. The molecule has 3 aromatic carbocycles. The van der Waals surface area contributed by atoms with Gasteiger partial charge in [-0.1, -0.05) is 12.1 Å². The fraction of sp³-hybridized carbons (Fsp3) is 0.250. The number of phenolic OH excluding ortho intramolecular Hbond substituents is 2. The van der Waals surface area contributed by atoms with E-state index in [0.29, 0.717) is 35.5 Å². The third kappa shape index (κ3) is 5.57. The van der Waals surface area contributed by atoms with Crippen LogP contribution in [0.3, 0.4) is 0 Å². The van der Waals surface area contributed by atoms with Gasteiger partial charge in [-0.15, -0.1) is 0 Å². The summed E-state index contributed by atoms with van der Waals surface area (Å²) in [4.78, 5) is 38.4. The van der Waals surface area contributed by atoms with Gasteiger partial charge in [-0.3, -0.25) is 9.59 Å². The van der Waals surface area contributed by atoms with Crippen molar-refractivity contribution in [2.45, 2.75) is 26.0 Å². The molecule has 0 aliphatic carbocycles. The molecule has 1 amide bonds. The Kier molecular flexibility index (Phi) is 7.45. The van der Waals surface area contributed by atoms with Gasteiger partial charge in [-0.05, 0) is 67.4 Å². The average Bonchev–Trinajstić information content (AvgIpc) is 3.33. The zero-order valence-corrected chi connectivity index (χ0v) is 20.7. The Bertz CT molecular complexity index is 1330. The number of hydrogen-bond donors (Lipinski definition) is 4. The number of hydrogen-bond acceptors (Lipinski definition) is 8. The predicted molar refractivity (Wildman–Crippen MR) is 135 cm³/mol. The Morgan fingerprint density at radius 3 is 2.19 bits per heavy atom. The normalized spacial score (nSPS) is 16.7. The first-order chi connectivity index (χ1) is 17.7. The maximum absolute atomic E-state index is 12.8. The molecule has 0 saturated carbocycles. The van der Waals surface area contributed by atoms with E-state index in [2.05, 4.69) is 10.6 Å². The number of aromatic hydroxyl groups is 2. The van der Waals surface area contributed by atoms with Crippen LogP contribution in [0.1, 0.15) is 47.8 Å². The second kappa shape index (κ2) is 10.7. The number of methoxy groups -OCH3 is 1. The number of ketones is 1. The highest BCUT2D eigenvalue weighted by Gasteiger charge is 2.32. The van der Waals surface area contributed by atoms with Crippen molar-refractivity contribution < 1.29 is 34.1 Å². The van der Waals surface area contributed by atoms with Crippen LogP contribution in [-0.4, -0.2) is 60.2 Å². The van der Waals surface area contributed by atoms with Crippen LogP contribution in [0, 0.1) is 13.8 Å². The van der Waals surface area contributed by atoms with Crippen molar-refractivity contribution in [3.05, 3.63) is 88.0 Å². The lowest BCUT2D eigenvalue weighted by Crippen LogP contribution is -2.44. The van der Waals surface area contributed by atoms with Crippen LogP contribution >= 0.6 is 0 Å². The maximum Gasteiger partial charge on any atom is 0.338 e. The van der Waals surface area contributed by atoms with E-state index in [1.165, 1.54) is 43.5 Å². The molecule has 0 spiro atoms. The zero-order valence-electron chi connectivity index (χ0n) is 20.7. The quantitative estimate of drug-likeness (QED) is 0.285. The third-order valence-corrected chi connectivity index (χ3v) is 6.32. The Morgan fingerprint density at radius 2 is 1.54 bits per heavy atom. The lowest BCUT2D eigenvalue weighted by Gasteiger charge is -2.21. The molecule has 1 saturated heterocycles. The summed E-state index contributed by atoms with van der Waals surface area (Å²) in [5, 5.41) is 26.0. The number of carbonyl (C=O) groups excluding carboxylic acids is 3. The lowest BCUT2D eigenvalue weighted by atomic mass is 10.0. The largest absolute Gasteiger partial charge is 0.507 e. The van der Waals surface area contributed by atoms with E-state index in [0.717, 1.165) is 0 Å². The second-order valence-corrected chi connectivity index (χ2v) is 8.93. The lowest BCUT2D eigenvalue weighted by molar-refractivity contribution is 0.0283. The minimum absolute atomic E-state index is 0.0873. The summed E-state index contributed by atoms with van der Waals surface area (Å²) in [6.45, 7) is 4.24. The highest BCUT2D eigenvalue weighted by atomic mass is 16.5. The minimum Gasteiger partial charge on any atom is -0.507 e. The molecule has 0 aromatic heterocycles. The summed E-state index contributed by atoms with van der Waals surface area (Å²) >= 11 is 0. The molecule has 4 rings (SSSR count). The van der Waals surface area contributed by atoms with E-state index in [1.54, 1.807) is 32.0 Å². The Morgan fingerprint density at radius 1 is 0.892 bits per heavy atom. The Hall–Kier alpha value is -4.37. The van der Waals surface area contributed by atoms with Gasteiger partial charge in [0.1, 0.15) is 23.4 Å². The molecule has 1 fully saturated rings. The van der Waals surface area contributed by atoms with Crippen LogP contribution in [0.25, 0.3) is 0 Å². The SMILES string of the molecule is COc1ccc(O)c(C(=O)c2ccc(C(=O)OC3CNCC3NC(=O)c3cc(C)c(O)c(C)c3)cc2)c1. The number of phenols is 2. The van der Waals surface area contributed by atoms with Gasteiger partial charge >= 0.3 is 5.97 Å². The van der Waals surface area contributed by atoms with Gasteiger partial charge in [0.2, 0.25) is 0 Å². The summed E-state index contributed by atoms with van der Waals surface area (Å²) < 4.78 is 10.8. The monoisotopic (exact) mass is 504 g/mol. The Balaban J connectivity index is 1.41. The van der Waals surface area contributed by atoms with Crippen LogP contribution in [0.5, 0.6) is 17.2 Å². The molecule has 0 radical (unpaired) electrons. The van der Waals surface area contributed by atoms with Crippen LogP contribution in [0.2, 0.25) is 0 Å². The number of amides is 1. The van der Waals surface area contributed by atoms with Crippen LogP contribution in [-0.2, 0) is 4.74 Å². The van der Waals surface area contributed by atoms with Crippen molar-refractivity contribution in [2.24, 2.45) is 0 Å². The van der Waals surface area contributed by atoms with Crippen molar-refractivity contribution in [2.75, 3.05) is 20.2 Å². The molecule has 9 heteroatoms. The first kappa shape index (κ1) is 25.7. The molecule has 3 aromatic rings. The van der Waals surface area contributed by atoms with Crippen molar-refractivity contribution in [1.82, 2.24) is 10.6 Å². The summed E-state index contributed by atoms with van der Waals surface area (Å²) in [7, 11) is 1.46. The summed E-state index contributed by atoms with van der Waals surface area (Å²) in [6, 6.07) is 13.1. The van der Waals surface area contributed by atoms with E-state index in [-0.39, 0.29) is 34.1 Å². The molecule has 2 unspecified atom stereocenters. The molecule has 1 aliphatic rings. The smallest absolute Gasteiger partial charge is 0.338 e. The van der Waals surface area contributed by atoms with Gasteiger partial charge in [-0.25, -0.2) is 4.79 Å². The molecule has 0 bridgehead atoms. The molecule has 9 nitrogen and oxygen atoms in total. The van der Waals surface area contributed by atoms with Crippen molar-refractivity contribution >= 4 is 17.7 Å². The van der Waals surface area contributed by atoms with Crippen LogP contribution < -0.4 is 15.4 Å². The fourth-order valence-corrected chi connectivity index (χ4v) is 4.20. The van der Waals surface area contributed by atoms with Crippen molar-refractivity contribution in [3.8, 4) is 17.2 Å². The van der Waals surface area contributed by atoms with Gasteiger partial charge in [0, 0.05) is 24.2 Å². The number of esters is 1. The topological polar surface area (TPSA) is 134 Å². The first-order valence-electron chi connectivity index (χ1n) is 11.7. The third-order valence-electron chi connectivity index (χ3n) is 6.32. The number of ether oxygens (including phenoxy) is 2. The van der Waals surface area contributed by atoms with E-state index in [1.807, 2.05) is 0 Å². The number of rotatable bonds is 7. The molecule has 1 heterocycles. The predicted octanol–water partition coefficient (Wildman–Crippen LogP) is 2.88. The van der Waals surface area contributed by atoms with E-state index in [9.17, 15) is 24.6 Å². The van der Waals surface area contributed by atoms with Crippen molar-refractivity contribution in [1.29, 1.82) is 0 Å². The molecule has 37 heavy (non-hydrogen) atoms. The molecular formula is C28H28N2O7. The van der Waals surface area contributed by atoms with Gasteiger partial charge in [0.25, 0.3) is 5.91 Å². The van der Waals surface area contributed by atoms with Crippen molar-refractivity contribution in [3.63, 3.8) is 0 Å². The number of benzene rings is 3. The van der Waals surface area contributed by atoms with Gasteiger partial charge < -0.3 is 30.3 Å². The average molecular weight is 505 g/mol. The highest BCUT2D eigenvalue weighted by Crippen LogP contribution is 2.26. The fourth-order valence-electron chi connectivity index (χ4n) is 4.20. The zero-order chi connectivity index (χ0) is 26.7. The molecule has 1 aliphatic heterocycles. The van der Waals surface area contributed by atoms with Crippen LogP contribution in [0.15, 0.2) is 54.6 Å². The number of aryl methyl sites for hydroxylation is 2. The standard InChI is InChI=1S/C28H28N2O7/c1-15-10-19(11-16(2)25(15)32)27(34)30-22-13-29-14-24(22)37-28(35)18-6-4-17(5-7-18)26(33)21-12-20(36-3)8-9-23(21)31/h4-12,22,24,29,31-32H,13-14H2,1-3H3,(H,30,34). The molecule has 192 valence electrons. The summed E-state index contributed by atoms with van der Waals surface area (Å²) in [5.74, 6) is -0.924. The van der Waals surface area contributed by atoms with Gasteiger partial charge in [0.05, 0.1) is 24.3 Å². The summed E-state index contributed by atoms with van der Waals surface area (Å²) in [5.41, 5.74) is 2.22. The van der Waals surface area contributed by atoms with E-state index >= 15 is 0 Å². The first-order valence-corrected chi connectivity index (χ1v) is 11.7. The molecular weight excluding hydrogens is 476 g/mol. The van der Waals surface area contributed by atoms with Gasteiger partial charge in [0.15, 0.2) is 5.78 Å². The number of carbonyl (C=O) groups is 3. The summed E-state index contributed by atoms with van der Waals surface area (Å²) in [6.07, 6.45) is -0.592. The maximum atomic E-state index is 12.8. The van der Waals surface area contributed by atoms with Crippen LogP contribution in [0.4, 0.5) is 0 Å². The van der Waals surface area contributed by atoms with Gasteiger partial charge in [-0.2, -0.15) is 0 Å². The highest BCUT2D eigenvalue weighted by molar-refractivity contribution is 6.11.